The van der Waals surface area contributed by atoms with Crippen molar-refractivity contribution in [3.8, 4) is 0 Å². The van der Waals surface area contributed by atoms with Crippen molar-refractivity contribution in [2.24, 2.45) is 35.5 Å². The van der Waals surface area contributed by atoms with Gasteiger partial charge in [-0.15, -0.1) is 0 Å². The second-order valence-corrected chi connectivity index (χ2v) is 8.45. The number of aliphatic hydroxyl groups is 1. The number of carbonyl (C=O) groups is 1. The Morgan fingerprint density at radius 3 is 2.86 bits per heavy atom. The van der Waals surface area contributed by atoms with Gasteiger partial charge in [-0.2, -0.15) is 0 Å². The van der Waals surface area contributed by atoms with Crippen molar-refractivity contribution in [1.29, 1.82) is 0 Å². The molecule has 0 aliphatic heterocycles. The summed E-state index contributed by atoms with van der Waals surface area (Å²) in [5.41, 5.74) is 0.979. The Morgan fingerprint density at radius 2 is 2.11 bits per heavy atom. The van der Waals surface area contributed by atoms with Crippen molar-refractivity contribution in [3.05, 3.63) is 66.5 Å². The minimum absolute atomic E-state index is 0.113. The van der Waals surface area contributed by atoms with Crippen molar-refractivity contribution in [2.45, 2.75) is 39.8 Å². The molecule has 0 aromatic carbocycles. The molecule has 0 spiro atoms. The Hall–Kier alpha value is -2.20. The monoisotopic (exact) mass is 380 g/mol. The first-order valence-corrected chi connectivity index (χ1v) is 10.4. The number of allylic oxidation sites excluding steroid dienone is 5. The van der Waals surface area contributed by atoms with Crippen LogP contribution in [0, 0.1) is 35.5 Å². The van der Waals surface area contributed by atoms with Gasteiger partial charge in [0.05, 0.1) is 6.10 Å². The summed E-state index contributed by atoms with van der Waals surface area (Å²) >= 11 is 0. The lowest BCUT2D eigenvalue weighted by atomic mass is 9.58. The smallest absolute Gasteiger partial charge is 0.244 e. The van der Waals surface area contributed by atoms with Gasteiger partial charge in [0, 0.05) is 25.0 Å². The Morgan fingerprint density at radius 1 is 1.29 bits per heavy atom. The summed E-state index contributed by atoms with van der Waals surface area (Å²) in [7, 11) is 0. The summed E-state index contributed by atoms with van der Waals surface area (Å²) in [6.45, 7) is 7.05. The SMILES string of the molecule is C[C@@H]1[C@@H](O)[C@H](C)C[C@@H]2C=C[C@H](C)[C@H](/C=C/C=C/C(=O)NCc3cccnc3)[C@@H]12. The molecule has 0 unspecified atom stereocenters. The molecule has 1 fully saturated rings. The van der Waals surface area contributed by atoms with Gasteiger partial charge in [0.1, 0.15) is 0 Å². The lowest BCUT2D eigenvalue weighted by Crippen LogP contribution is -2.46. The zero-order chi connectivity index (χ0) is 20.1. The van der Waals surface area contributed by atoms with Gasteiger partial charge in [-0.25, -0.2) is 0 Å². The van der Waals surface area contributed by atoms with Gasteiger partial charge in [-0.1, -0.05) is 57.2 Å². The topological polar surface area (TPSA) is 62.2 Å². The fourth-order valence-corrected chi connectivity index (χ4v) is 4.89. The van der Waals surface area contributed by atoms with E-state index in [0.717, 1.165) is 12.0 Å². The molecule has 2 N–H and O–H groups in total. The average Bonchev–Trinajstić information content (AvgIpc) is 2.70. The van der Waals surface area contributed by atoms with Crippen LogP contribution in [0.5, 0.6) is 0 Å². The molecule has 2 aliphatic carbocycles. The van der Waals surface area contributed by atoms with E-state index >= 15 is 0 Å². The molecule has 0 bridgehead atoms. The summed E-state index contributed by atoms with van der Waals surface area (Å²) in [5, 5.41) is 13.4. The van der Waals surface area contributed by atoms with Crippen LogP contribution in [0.25, 0.3) is 0 Å². The number of nitrogens with one attached hydrogen (secondary N) is 1. The number of pyridine rings is 1. The van der Waals surface area contributed by atoms with E-state index in [1.807, 2.05) is 24.3 Å². The zero-order valence-corrected chi connectivity index (χ0v) is 17.0. The molecule has 1 aromatic heterocycles. The maximum absolute atomic E-state index is 12.0. The molecule has 4 nitrogen and oxygen atoms in total. The van der Waals surface area contributed by atoms with Crippen LogP contribution in [-0.4, -0.2) is 22.1 Å². The number of amides is 1. The van der Waals surface area contributed by atoms with Gasteiger partial charge >= 0.3 is 0 Å². The summed E-state index contributed by atoms with van der Waals surface area (Å²) in [4.78, 5) is 16.0. The number of nitrogens with zero attached hydrogens (tertiary/aromatic N) is 1. The van der Waals surface area contributed by atoms with Gasteiger partial charge in [-0.05, 0) is 53.6 Å². The molecule has 3 rings (SSSR count). The minimum atomic E-state index is -0.232. The molecule has 1 amide bonds. The first-order chi connectivity index (χ1) is 13.5. The van der Waals surface area contributed by atoms with E-state index in [9.17, 15) is 9.90 Å². The number of aromatic nitrogens is 1. The van der Waals surface area contributed by atoms with Gasteiger partial charge in [0.2, 0.25) is 5.91 Å². The molecular weight excluding hydrogens is 348 g/mol. The van der Waals surface area contributed by atoms with Crippen molar-refractivity contribution in [1.82, 2.24) is 10.3 Å². The highest BCUT2D eigenvalue weighted by Gasteiger charge is 2.44. The predicted octanol–water partition coefficient (Wildman–Crippen LogP) is 3.90. The van der Waals surface area contributed by atoms with Crippen molar-refractivity contribution < 1.29 is 9.90 Å². The van der Waals surface area contributed by atoms with E-state index in [1.54, 1.807) is 18.5 Å². The van der Waals surface area contributed by atoms with E-state index in [-0.39, 0.29) is 17.9 Å². The molecule has 1 saturated carbocycles. The van der Waals surface area contributed by atoms with E-state index in [1.165, 1.54) is 0 Å². The number of hydrogen-bond acceptors (Lipinski definition) is 3. The number of carbonyl (C=O) groups excluding carboxylic acids is 1. The van der Waals surface area contributed by atoms with Crippen molar-refractivity contribution in [2.75, 3.05) is 0 Å². The van der Waals surface area contributed by atoms with Crippen LogP contribution >= 0.6 is 0 Å². The van der Waals surface area contributed by atoms with Crippen LogP contribution in [0.1, 0.15) is 32.8 Å². The number of rotatable bonds is 5. The molecule has 0 radical (unpaired) electrons. The van der Waals surface area contributed by atoms with Crippen LogP contribution in [-0.2, 0) is 11.3 Å². The second-order valence-electron chi connectivity index (χ2n) is 8.45. The maximum Gasteiger partial charge on any atom is 0.244 e. The third-order valence-corrected chi connectivity index (χ3v) is 6.46. The Kier molecular flexibility index (Phi) is 6.84. The van der Waals surface area contributed by atoms with E-state index in [2.05, 4.69) is 49.3 Å². The summed E-state index contributed by atoms with van der Waals surface area (Å²) in [5.74, 6) is 2.33. The third kappa shape index (κ3) is 4.79. The van der Waals surface area contributed by atoms with Crippen molar-refractivity contribution in [3.63, 3.8) is 0 Å². The predicted molar refractivity (Wildman–Crippen MR) is 112 cm³/mol. The Balaban J connectivity index is 1.58. The van der Waals surface area contributed by atoms with E-state index in [0.29, 0.717) is 36.1 Å². The molecule has 28 heavy (non-hydrogen) atoms. The molecule has 4 heteroatoms. The Labute approximate surface area is 168 Å². The fourth-order valence-electron chi connectivity index (χ4n) is 4.89. The largest absolute Gasteiger partial charge is 0.393 e. The molecule has 1 heterocycles. The van der Waals surface area contributed by atoms with Gasteiger partial charge in [-0.3, -0.25) is 9.78 Å². The molecule has 1 aromatic rings. The van der Waals surface area contributed by atoms with Gasteiger partial charge in [0.25, 0.3) is 0 Å². The normalized spacial score (nSPS) is 35.2. The lowest BCUT2D eigenvalue weighted by molar-refractivity contribution is -0.116. The first-order valence-electron chi connectivity index (χ1n) is 10.4. The fraction of sp³-hybridized carbons (Fsp3) is 0.500. The van der Waals surface area contributed by atoms with Crippen LogP contribution in [0.4, 0.5) is 0 Å². The number of aliphatic hydroxyl groups excluding tert-OH is 1. The highest BCUT2D eigenvalue weighted by Crippen LogP contribution is 2.48. The number of fused-ring (bicyclic) bond motifs is 1. The highest BCUT2D eigenvalue weighted by molar-refractivity contribution is 5.87. The average molecular weight is 381 g/mol. The van der Waals surface area contributed by atoms with Crippen LogP contribution < -0.4 is 5.32 Å². The summed E-state index contributed by atoms with van der Waals surface area (Å²) in [6.07, 6.45) is 16.5. The van der Waals surface area contributed by atoms with E-state index < -0.39 is 0 Å². The van der Waals surface area contributed by atoms with Crippen LogP contribution in [0.3, 0.4) is 0 Å². The molecule has 2 aliphatic rings. The molecule has 0 saturated heterocycles. The second kappa shape index (κ2) is 9.33. The van der Waals surface area contributed by atoms with Gasteiger partial charge in [0.15, 0.2) is 0 Å². The Bertz CT molecular complexity index is 740. The van der Waals surface area contributed by atoms with Crippen molar-refractivity contribution >= 4 is 5.91 Å². The summed E-state index contributed by atoms with van der Waals surface area (Å²) in [6, 6.07) is 3.79. The molecule has 7 atom stereocenters. The number of hydrogen-bond donors (Lipinski definition) is 2. The molecule has 150 valence electrons. The highest BCUT2D eigenvalue weighted by atomic mass is 16.3. The van der Waals surface area contributed by atoms with Crippen LogP contribution in [0.2, 0.25) is 0 Å². The first kappa shape index (κ1) is 20.5. The van der Waals surface area contributed by atoms with Crippen LogP contribution in [0.15, 0.2) is 61.0 Å². The van der Waals surface area contributed by atoms with E-state index in [4.69, 9.17) is 0 Å². The standard InChI is InChI=1S/C24H32N2O2/c1-16-10-11-20-13-17(2)24(28)18(3)23(20)21(16)8-4-5-9-22(27)26-15-19-7-6-12-25-14-19/h4-12,14,16-18,20-21,23-24,28H,13,15H2,1-3H3,(H,26,27)/b8-4+,9-5+/t16-,17+,18-,20-,21-,23-,24-/m0/s1. The maximum atomic E-state index is 12.0. The lowest BCUT2D eigenvalue weighted by Gasteiger charge is -2.48. The summed E-state index contributed by atoms with van der Waals surface area (Å²) < 4.78 is 0. The quantitative estimate of drug-likeness (QED) is 0.463. The third-order valence-electron chi connectivity index (χ3n) is 6.46. The van der Waals surface area contributed by atoms with Gasteiger partial charge < -0.3 is 10.4 Å². The molecular formula is C24H32N2O2. The zero-order valence-electron chi connectivity index (χ0n) is 17.0. The minimum Gasteiger partial charge on any atom is -0.393 e.